The predicted molar refractivity (Wildman–Crippen MR) is 61.8 cm³/mol. The molecule has 1 aliphatic rings. The van der Waals surface area contributed by atoms with Gasteiger partial charge in [-0.15, -0.1) is 0 Å². The van der Waals surface area contributed by atoms with Gasteiger partial charge in [0.2, 0.25) is 0 Å². The van der Waals surface area contributed by atoms with Crippen molar-refractivity contribution in [2.75, 3.05) is 0 Å². The van der Waals surface area contributed by atoms with Gasteiger partial charge >= 0.3 is 0 Å². The second-order valence-electron chi connectivity index (χ2n) is 4.09. The zero-order valence-corrected chi connectivity index (χ0v) is 9.29. The summed E-state index contributed by atoms with van der Waals surface area (Å²) in [4.78, 5) is 14.0. The van der Waals surface area contributed by atoms with Gasteiger partial charge in [0.1, 0.15) is 6.07 Å². The Labute approximate surface area is 98.6 Å². The van der Waals surface area contributed by atoms with E-state index >= 15 is 0 Å². The van der Waals surface area contributed by atoms with E-state index in [1.165, 1.54) is 0 Å². The van der Waals surface area contributed by atoms with E-state index in [4.69, 9.17) is 11.0 Å². The number of hydrogen-bond donors (Lipinski definition) is 3. The highest BCUT2D eigenvalue weighted by Gasteiger charge is 2.18. The van der Waals surface area contributed by atoms with Gasteiger partial charge in [-0.3, -0.25) is 4.79 Å². The maximum Gasteiger partial charge on any atom is 0.263 e. The smallest absolute Gasteiger partial charge is 0.263 e. The second-order valence-corrected chi connectivity index (χ2v) is 4.09. The van der Waals surface area contributed by atoms with Crippen LogP contribution >= 0.6 is 0 Å². The quantitative estimate of drug-likeness (QED) is 0.404. The molecule has 1 aliphatic carbocycles. The van der Waals surface area contributed by atoms with E-state index in [1.807, 2.05) is 0 Å². The number of nitrogens with one attached hydrogen (secondary N) is 1. The number of fused-ring (bicyclic) bond motifs is 1. The Morgan fingerprint density at radius 2 is 2.18 bits per heavy atom. The number of aliphatic hydroxyl groups excluding tert-OH is 1. The molecule has 1 aromatic heterocycles. The number of H-pyrrole nitrogens is 1. The molecule has 1 heterocycles. The first kappa shape index (κ1) is 11.3. The SMILES string of the molecule is N#C/C(C(N)=O)=C(/O)c1cc2c([nH]1)CCCC2. The third-order valence-corrected chi connectivity index (χ3v) is 2.96. The van der Waals surface area contributed by atoms with Crippen LogP contribution in [-0.4, -0.2) is 16.0 Å². The highest BCUT2D eigenvalue weighted by Crippen LogP contribution is 2.25. The van der Waals surface area contributed by atoms with Crippen molar-refractivity contribution in [2.45, 2.75) is 25.7 Å². The molecule has 0 radical (unpaired) electrons. The molecule has 1 amide bonds. The van der Waals surface area contributed by atoms with Crippen molar-refractivity contribution in [1.82, 2.24) is 4.98 Å². The van der Waals surface area contributed by atoms with Crippen LogP contribution in [0.3, 0.4) is 0 Å². The van der Waals surface area contributed by atoms with Crippen molar-refractivity contribution < 1.29 is 9.90 Å². The van der Waals surface area contributed by atoms with E-state index in [1.54, 1.807) is 12.1 Å². The van der Waals surface area contributed by atoms with Crippen molar-refractivity contribution in [1.29, 1.82) is 5.26 Å². The number of primary amides is 1. The summed E-state index contributed by atoms with van der Waals surface area (Å²) in [6.07, 6.45) is 4.12. The predicted octanol–water partition coefficient (Wildman–Crippen LogP) is 1.17. The van der Waals surface area contributed by atoms with E-state index in [0.717, 1.165) is 36.9 Å². The third kappa shape index (κ3) is 2.02. The minimum atomic E-state index is -0.919. The van der Waals surface area contributed by atoms with Gasteiger partial charge in [-0.25, -0.2) is 0 Å². The van der Waals surface area contributed by atoms with Crippen LogP contribution in [0.5, 0.6) is 0 Å². The maximum absolute atomic E-state index is 11.0. The van der Waals surface area contributed by atoms with E-state index in [0.29, 0.717) is 5.69 Å². The van der Waals surface area contributed by atoms with Crippen LogP contribution in [0.2, 0.25) is 0 Å². The third-order valence-electron chi connectivity index (χ3n) is 2.96. The largest absolute Gasteiger partial charge is 0.504 e. The van der Waals surface area contributed by atoms with E-state index < -0.39 is 11.5 Å². The van der Waals surface area contributed by atoms with Crippen LogP contribution in [0.4, 0.5) is 0 Å². The topological polar surface area (TPSA) is 103 Å². The van der Waals surface area contributed by atoms with Gasteiger partial charge in [0, 0.05) is 5.69 Å². The Hall–Kier alpha value is -2.22. The molecule has 0 spiro atoms. The lowest BCUT2D eigenvalue weighted by molar-refractivity contribution is -0.114. The van der Waals surface area contributed by atoms with Gasteiger partial charge in [0.25, 0.3) is 5.91 Å². The molecule has 0 saturated carbocycles. The lowest BCUT2D eigenvalue weighted by atomic mass is 9.98. The monoisotopic (exact) mass is 231 g/mol. The average molecular weight is 231 g/mol. The molecule has 0 unspecified atom stereocenters. The molecule has 1 aromatic rings. The lowest BCUT2D eigenvalue weighted by Crippen LogP contribution is -2.14. The van der Waals surface area contributed by atoms with Crippen LogP contribution < -0.4 is 5.73 Å². The standard InChI is InChI=1S/C12H13N3O2/c13-6-8(12(14)17)11(16)10-5-7-3-1-2-4-9(7)15-10/h5,15-16H,1-4H2,(H2,14,17)/b11-8-. The number of carbonyl (C=O) groups excluding carboxylic acids is 1. The maximum atomic E-state index is 11.0. The lowest BCUT2D eigenvalue weighted by Gasteiger charge is -2.08. The Morgan fingerprint density at radius 3 is 2.76 bits per heavy atom. The summed E-state index contributed by atoms with van der Waals surface area (Å²) in [5.41, 5.74) is 7.20. The average Bonchev–Trinajstić information content (AvgIpc) is 2.72. The van der Waals surface area contributed by atoms with Gasteiger partial charge in [0.05, 0.1) is 5.69 Å². The number of aliphatic hydroxyl groups is 1. The van der Waals surface area contributed by atoms with Gasteiger partial charge in [-0.1, -0.05) is 0 Å². The van der Waals surface area contributed by atoms with Crippen molar-refractivity contribution in [3.63, 3.8) is 0 Å². The number of aromatic amines is 1. The minimum absolute atomic E-state index is 0.366. The fourth-order valence-corrected chi connectivity index (χ4v) is 2.09. The summed E-state index contributed by atoms with van der Waals surface area (Å²) in [7, 11) is 0. The summed E-state index contributed by atoms with van der Waals surface area (Å²) in [5.74, 6) is -1.29. The summed E-state index contributed by atoms with van der Waals surface area (Å²) in [5, 5.41) is 18.6. The molecule has 0 atom stereocenters. The number of hydrogen-bond acceptors (Lipinski definition) is 3. The highest BCUT2D eigenvalue weighted by atomic mass is 16.3. The summed E-state index contributed by atoms with van der Waals surface area (Å²) >= 11 is 0. The number of rotatable bonds is 2. The number of nitrogens with zero attached hydrogens (tertiary/aromatic N) is 1. The first-order chi connectivity index (χ1) is 8.13. The minimum Gasteiger partial charge on any atom is -0.504 e. The molecular formula is C12H13N3O2. The number of amides is 1. The van der Waals surface area contributed by atoms with Crippen LogP contribution in [0.25, 0.3) is 5.76 Å². The Balaban J connectivity index is 2.44. The molecule has 2 rings (SSSR count). The Morgan fingerprint density at radius 1 is 1.47 bits per heavy atom. The Kier molecular flexibility index (Phi) is 2.88. The number of carbonyl (C=O) groups is 1. The van der Waals surface area contributed by atoms with Crippen LogP contribution in [0.1, 0.15) is 29.8 Å². The van der Waals surface area contributed by atoms with Crippen LogP contribution in [0, 0.1) is 11.3 Å². The zero-order valence-electron chi connectivity index (χ0n) is 9.29. The molecule has 5 nitrogen and oxygen atoms in total. The molecule has 0 aliphatic heterocycles. The van der Waals surface area contributed by atoms with Crippen molar-refractivity contribution in [3.8, 4) is 6.07 Å². The molecule has 0 bridgehead atoms. The first-order valence-corrected chi connectivity index (χ1v) is 5.47. The fourth-order valence-electron chi connectivity index (χ4n) is 2.09. The van der Waals surface area contributed by atoms with Crippen molar-refractivity contribution in [2.24, 2.45) is 5.73 Å². The number of nitrogens with two attached hydrogens (primary N) is 1. The van der Waals surface area contributed by atoms with Gasteiger partial charge in [-0.05, 0) is 37.3 Å². The Bertz CT molecular complexity index is 511. The normalized spacial score (nSPS) is 15.7. The molecular weight excluding hydrogens is 218 g/mol. The van der Waals surface area contributed by atoms with Gasteiger partial charge in [-0.2, -0.15) is 5.26 Å². The van der Waals surface area contributed by atoms with E-state index in [-0.39, 0.29) is 5.76 Å². The number of aromatic nitrogens is 1. The van der Waals surface area contributed by atoms with E-state index in [2.05, 4.69) is 4.98 Å². The molecule has 17 heavy (non-hydrogen) atoms. The molecule has 0 aromatic carbocycles. The van der Waals surface area contributed by atoms with Crippen LogP contribution in [0.15, 0.2) is 11.6 Å². The molecule has 0 fully saturated rings. The fraction of sp³-hybridized carbons (Fsp3) is 0.333. The summed E-state index contributed by atoms with van der Waals surface area (Å²) < 4.78 is 0. The number of aryl methyl sites for hydroxylation is 2. The van der Waals surface area contributed by atoms with Gasteiger partial charge < -0.3 is 15.8 Å². The summed E-state index contributed by atoms with van der Waals surface area (Å²) in [6.45, 7) is 0. The van der Waals surface area contributed by atoms with Crippen molar-refractivity contribution >= 4 is 11.7 Å². The highest BCUT2D eigenvalue weighted by molar-refractivity contribution is 6.02. The molecule has 5 heteroatoms. The second kappa shape index (κ2) is 4.34. The summed E-state index contributed by atoms with van der Waals surface area (Å²) in [6, 6.07) is 3.40. The first-order valence-electron chi connectivity index (χ1n) is 5.47. The number of nitriles is 1. The molecule has 4 N–H and O–H groups in total. The van der Waals surface area contributed by atoms with Crippen molar-refractivity contribution in [3.05, 3.63) is 28.6 Å². The van der Waals surface area contributed by atoms with E-state index in [9.17, 15) is 9.90 Å². The zero-order chi connectivity index (χ0) is 12.4. The molecule has 0 saturated heterocycles. The van der Waals surface area contributed by atoms with Gasteiger partial charge in [0.15, 0.2) is 11.3 Å². The van der Waals surface area contributed by atoms with Crippen LogP contribution in [-0.2, 0) is 17.6 Å². The molecule has 88 valence electrons.